The van der Waals surface area contributed by atoms with Crippen LogP contribution >= 0.6 is 0 Å². The summed E-state index contributed by atoms with van der Waals surface area (Å²) in [6, 6.07) is 1.20. The average molecular weight is 253 g/mol. The highest BCUT2D eigenvalue weighted by molar-refractivity contribution is 5.78. The first-order valence-electron chi connectivity index (χ1n) is 7.41. The Hall–Kier alpha value is -0.610. The molecule has 0 aromatic rings. The van der Waals surface area contributed by atoms with Crippen LogP contribution in [-0.2, 0) is 4.79 Å². The van der Waals surface area contributed by atoms with Gasteiger partial charge in [-0.1, -0.05) is 13.8 Å². The highest BCUT2D eigenvalue weighted by Gasteiger charge is 2.33. The maximum Gasteiger partial charge on any atom is 0.234 e. The molecule has 2 N–H and O–H groups in total. The van der Waals surface area contributed by atoms with Crippen molar-refractivity contribution in [3.8, 4) is 0 Å². The van der Waals surface area contributed by atoms with Crippen LogP contribution in [0.4, 0.5) is 0 Å². The van der Waals surface area contributed by atoms with Crippen LogP contribution < -0.4 is 10.6 Å². The summed E-state index contributed by atoms with van der Waals surface area (Å²) in [6.07, 6.45) is 5.04. The SMILES string of the molecule is CC(C)CNC(=O)CN1CCCC1C1CCCN1. The predicted molar refractivity (Wildman–Crippen MR) is 73.5 cm³/mol. The van der Waals surface area contributed by atoms with Crippen LogP contribution in [0.15, 0.2) is 0 Å². The highest BCUT2D eigenvalue weighted by atomic mass is 16.2. The average Bonchev–Trinajstić information content (AvgIpc) is 2.95. The van der Waals surface area contributed by atoms with Crippen molar-refractivity contribution >= 4 is 5.91 Å². The van der Waals surface area contributed by atoms with Gasteiger partial charge in [0.25, 0.3) is 0 Å². The van der Waals surface area contributed by atoms with Crippen molar-refractivity contribution in [2.75, 3.05) is 26.2 Å². The zero-order valence-electron chi connectivity index (χ0n) is 11.7. The van der Waals surface area contributed by atoms with Crippen LogP contribution in [0.25, 0.3) is 0 Å². The van der Waals surface area contributed by atoms with E-state index in [0.717, 1.165) is 19.6 Å². The molecule has 0 spiro atoms. The van der Waals surface area contributed by atoms with Gasteiger partial charge in [-0.25, -0.2) is 0 Å². The molecular formula is C14H27N3O. The minimum atomic E-state index is 0.189. The smallest absolute Gasteiger partial charge is 0.234 e. The Bertz CT molecular complexity index is 274. The Morgan fingerprint density at radius 2 is 2.22 bits per heavy atom. The molecule has 2 heterocycles. The molecule has 0 aromatic carbocycles. The number of carbonyl (C=O) groups excluding carboxylic acids is 1. The van der Waals surface area contributed by atoms with Crippen LogP contribution in [0.5, 0.6) is 0 Å². The Labute approximate surface area is 110 Å². The van der Waals surface area contributed by atoms with Gasteiger partial charge in [-0.2, -0.15) is 0 Å². The van der Waals surface area contributed by atoms with Gasteiger partial charge in [0.15, 0.2) is 0 Å². The van der Waals surface area contributed by atoms with E-state index in [1.165, 1.54) is 25.7 Å². The second-order valence-corrected chi connectivity index (χ2v) is 6.08. The van der Waals surface area contributed by atoms with Gasteiger partial charge in [0.05, 0.1) is 6.54 Å². The Kier molecular flexibility index (Phi) is 5.01. The molecule has 4 heteroatoms. The third-order valence-electron chi connectivity index (χ3n) is 4.03. The quantitative estimate of drug-likeness (QED) is 0.767. The first-order chi connectivity index (χ1) is 8.66. The molecule has 2 atom stereocenters. The molecule has 104 valence electrons. The van der Waals surface area contributed by atoms with E-state index in [1.54, 1.807) is 0 Å². The summed E-state index contributed by atoms with van der Waals surface area (Å²) in [6.45, 7) is 7.85. The molecule has 2 fully saturated rings. The van der Waals surface area contributed by atoms with Crippen LogP contribution in [-0.4, -0.2) is 49.1 Å². The van der Waals surface area contributed by atoms with E-state index in [0.29, 0.717) is 24.5 Å². The van der Waals surface area contributed by atoms with Crippen molar-refractivity contribution in [1.82, 2.24) is 15.5 Å². The van der Waals surface area contributed by atoms with Crippen LogP contribution in [0.2, 0.25) is 0 Å². The minimum absolute atomic E-state index is 0.189. The molecule has 0 saturated carbocycles. The molecule has 2 rings (SSSR count). The summed E-state index contributed by atoms with van der Waals surface area (Å²) in [5, 5.41) is 6.60. The standard InChI is InChI=1S/C14H27N3O/c1-11(2)9-16-14(18)10-17-8-4-6-13(17)12-5-3-7-15-12/h11-13,15H,3-10H2,1-2H3,(H,16,18). The van der Waals surface area contributed by atoms with Gasteiger partial charge in [-0.05, 0) is 44.7 Å². The fraction of sp³-hybridized carbons (Fsp3) is 0.929. The van der Waals surface area contributed by atoms with E-state index >= 15 is 0 Å². The van der Waals surface area contributed by atoms with Crippen molar-refractivity contribution < 1.29 is 4.79 Å². The fourth-order valence-electron chi connectivity index (χ4n) is 3.10. The van der Waals surface area contributed by atoms with E-state index in [-0.39, 0.29) is 5.91 Å². The summed E-state index contributed by atoms with van der Waals surface area (Å²) in [7, 11) is 0. The van der Waals surface area contributed by atoms with E-state index in [1.807, 2.05) is 0 Å². The van der Waals surface area contributed by atoms with Crippen LogP contribution in [0.3, 0.4) is 0 Å². The number of amides is 1. The number of carbonyl (C=O) groups is 1. The molecule has 0 bridgehead atoms. The fourth-order valence-corrected chi connectivity index (χ4v) is 3.10. The minimum Gasteiger partial charge on any atom is -0.355 e. The molecule has 18 heavy (non-hydrogen) atoms. The molecule has 0 aliphatic carbocycles. The summed E-state index contributed by atoms with van der Waals surface area (Å²) in [5.74, 6) is 0.716. The van der Waals surface area contributed by atoms with Crippen molar-refractivity contribution in [2.45, 2.75) is 51.6 Å². The van der Waals surface area contributed by atoms with Crippen molar-refractivity contribution in [1.29, 1.82) is 0 Å². The lowest BCUT2D eigenvalue weighted by atomic mass is 10.0. The van der Waals surface area contributed by atoms with E-state index in [9.17, 15) is 4.79 Å². The summed E-state index contributed by atoms with van der Waals surface area (Å²) in [5.41, 5.74) is 0. The largest absolute Gasteiger partial charge is 0.355 e. The molecule has 2 saturated heterocycles. The monoisotopic (exact) mass is 253 g/mol. The topological polar surface area (TPSA) is 44.4 Å². The lowest BCUT2D eigenvalue weighted by molar-refractivity contribution is -0.122. The predicted octanol–water partition coefficient (Wildman–Crippen LogP) is 0.975. The van der Waals surface area contributed by atoms with Crippen molar-refractivity contribution in [3.05, 3.63) is 0 Å². The summed E-state index contributed by atoms with van der Waals surface area (Å²) < 4.78 is 0. The normalized spacial score (nSPS) is 29.1. The van der Waals surface area contributed by atoms with Gasteiger partial charge in [0.2, 0.25) is 5.91 Å². The molecule has 0 radical (unpaired) electrons. The molecule has 2 unspecified atom stereocenters. The number of hydrogen-bond acceptors (Lipinski definition) is 3. The molecular weight excluding hydrogens is 226 g/mol. The van der Waals surface area contributed by atoms with Gasteiger partial charge in [-0.3, -0.25) is 9.69 Å². The number of hydrogen-bond donors (Lipinski definition) is 2. The Balaban J connectivity index is 1.78. The molecule has 2 aliphatic heterocycles. The van der Waals surface area contributed by atoms with Gasteiger partial charge < -0.3 is 10.6 Å². The first kappa shape index (κ1) is 13.8. The number of rotatable bonds is 5. The third kappa shape index (κ3) is 3.69. The number of nitrogens with one attached hydrogen (secondary N) is 2. The zero-order valence-corrected chi connectivity index (χ0v) is 11.7. The van der Waals surface area contributed by atoms with Crippen molar-refractivity contribution in [3.63, 3.8) is 0 Å². The zero-order chi connectivity index (χ0) is 13.0. The molecule has 4 nitrogen and oxygen atoms in total. The maximum atomic E-state index is 11.9. The summed E-state index contributed by atoms with van der Waals surface area (Å²) in [4.78, 5) is 14.3. The maximum absolute atomic E-state index is 11.9. The number of nitrogens with zero attached hydrogens (tertiary/aromatic N) is 1. The van der Waals surface area contributed by atoms with Gasteiger partial charge in [0, 0.05) is 18.6 Å². The lowest BCUT2D eigenvalue weighted by Crippen LogP contribution is -2.47. The van der Waals surface area contributed by atoms with E-state index in [2.05, 4.69) is 29.4 Å². The van der Waals surface area contributed by atoms with Crippen molar-refractivity contribution in [2.24, 2.45) is 5.92 Å². The molecule has 1 amide bonds. The third-order valence-corrected chi connectivity index (χ3v) is 4.03. The second kappa shape index (κ2) is 6.53. The van der Waals surface area contributed by atoms with Crippen LogP contribution in [0.1, 0.15) is 39.5 Å². The first-order valence-corrected chi connectivity index (χ1v) is 7.41. The molecule has 2 aliphatic rings. The Morgan fingerprint density at radius 1 is 1.39 bits per heavy atom. The number of likely N-dealkylation sites (tertiary alicyclic amines) is 1. The molecule has 0 aromatic heterocycles. The highest BCUT2D eigenvalue weighted by Crippen LogP contribution is 2.24. The van der Waals surface area contributed by atoms with E-state index in [4.69, 9.17) is 0 Å². The van der Waals surface area contributed by atoms with Gasteiger partial charge >= 0.3 is 0 Å². The van der Waals surface area contributed by atoms with Gasteiger partial charge in [-0.15, -0.1) is 0 Å². The van der Waals surface area contributed by atoms with Gasteiger partial charge in [0.1, 0.15) is 0 Å². The summed E-state index contributed by atoms with van der Waals surface area (Å²) >= 11 is 0. The Morgan fingerprint density at radius 3 is 2.89 bits per heavy atom. The van der Waals surface area contributed by atoms with Crippen LogP contribution in [0, 0.1) is 5.92 Å². The van der Waals surface area contributed by atoms with E-state index < -0.39 is 0 Å². The lowest BCUT2D eigenvalue weighted by Gasteiger charge is -2.29. The second-order valence-electron chi connectivity index (χ2n) is 6.08.